The van der Waals surface area contributed by atoms with Gasteiger partial charge in [0, 0.05) is 0 Å². The quantitative estimate of drug-likeness (QED) is 0.587. The van der Waals surface area contributed by atoms with Crippen molar-refractivity contribution in [2.45, 2.75) is 11.1 Å². The van der Waals surface area contributed by atoms with Crippen LogP contribution in [0, 0.1) is 0 Å². The van der Waals surface area contributed by atoms with Crippen LogP contribution in [0.2, 0.25) is 11.1 Å². The van der Waals surface area contributed by atoms with Gasteiger partial charge in [0.15, 0.2) is 0 Å². The zero-order valence-corrected chi connectivity index (χ0v) is 12.7. The molecule has 0 spiro atoms. The van der Waals surface area contributed by atoms with Crippen molar-refractivity contribution in [2.75, 3.05) is 6.16 Å². The zero-order valence-electron chi connectivity index (χ0n) is 10.0. The van der Waals surface area contributed by atoms with E-state index in [2.05, 4.69) is 66.5 Å². The second kappa shape index (κ2) is 6.96. The molecule has 88 valence electrons. The number of benzene rings is 2. The van der Waals surface area contributed by atoms with Crippen LogP contribution >= 0.6 is 7.92 Å². The molecule has 0 amide bonds. The Kier molecular flexibility index (Phi) is 5.26. The van der Waals surface area contributed by atoms with Gasteiger partial charge in [-0.3, -0.25) is 0 Å². The molecular weight excluding hydrogens is 290 g/mol. The standard InChI is InChI=1S/C15H17PSe/c1-17-13-12-16(14-8-4-2-5-9-14)15-10-6-3-7-11-15/h2-11H,12-13H2,1H3. The van der Waals surface area contributed by atoms with Gasteiger partial charge in [0.25, 0.3) is 0 Å². The number of hydrogen-bond acceptors (Lipinski definition) is 0. The van der Waals surface area contributed by atoms with Gasteiger partial charge in [0.2, 0.25) is 0 Å². The van der Waals surface area contributed by atoms with Crippen LogP contribution in [0.1, 0.15) is 0 Å². The Bertz CT molecular complexity index is 388. The van der Waals surface area contributed by atoms with Crippen molar-refractivity contribution >= 4 is 33.5 Å². The van der Waals surface area contributed by atoms with Gasteiger partial charge in [-0.25, -0.2) is 0 Å². The fourth-order valence-corrected chi connectivity index (χ4v) is 6.35. The van der Waals surface area contributed by atoms with Gasteiger partial charge >= 0.3 is 111 Å². The topological polar surface area (TPSA) is 0 Å². The van der Waals surface area contributed by atoms with Crippen LogP contribution in [0.5, 0.6) is 0 Å². The number of rotatable bonds is 5. The first-order chi connectivity index (χ1) is 8.42. The summed E-state index contributed by atoms with van der Waals surface area (Å²) in [6, 6.07) is 22.0. The van der Waals surface area contributed by atoms with E-state index in [9.17, 15) is 0 Å². The summed E-state index contributed by atoms with van der Waals surface area (Å²) in [6.07, 6.45) is 1.33. The monoisotopic (exact) mass is 308 g/mol. The first kappa shape index (κ1) is 12.8. The molecule has 0 heterocycles. The van der Waals surface area contributed by atoms with Gasteiger partial charge in [-0.1, -0.05) is 0 Å². The van der Waals surface area contributed by atoms with E-state index in [0.717, 1.165) is 15.0 Å². The molecule has 0 aliphatic carbocycles. The van der Waals surface area contributed by atoms with Crippen molar-refractivity contribution in [1.29, 1.82) is 0 Å². The Morgan fingerprint density at radius 2 is 1.29 bits per heavy atom. The fraction of sp³-hybridized carbons (Fsp3) is 0.200. The summed E-state index contributed by atoms with van der Waals surface area (Å²) in [7, 11) is -0.141. The molecule has 0 saturated carbocycles. The fourth-order valence-electron chi connectivity index (χ4n) is 1.81. The summed E-state index contributed by atoms with van der Waals surface area (Å²) in [4.78, 5) is 0. The third-order valence-electron chi connectivity index (χ3n) is 2.65. The van der Waals surface area contributed by atoms with Gasteiger partial charge in [0.05, 0.1) is 0 Å². The predicted molar refractivity (Wildman–Crippen MR) is 80.4 cm³/mol. The minimum atomic E-state index is -0.141. The Labute approximate surface area is 111 Å². The Balaban J connectivity index is 2.26. The maximum absolute atomic E-state index is 2.33. The van der Waals surface area contributed by atoms with Crippen LogP contribution < -0.4 is 10.6 Å². The van der Waals surface area contributed by atoms with Crippen LogP contribution in [0.4, 0.5) is 0 Å². The second-order valence-corrected chi connectivity index (χ2v) is 8.22. The molecule has 0 nitrogen and oxygen atoms in total. The van der Waals surface area contributed by atoms with Crippen molar-refractivity contribution in [3.05, 3.63) is 60.7 Å². The molecule has 0 N–H and O–H groups in total. The molecular formula is C15H17PSe. The zero-order chi connectivity index (χ0) is 11.9. The van der Waals surface area contributed by atoms with E-state index in [1.54, 1.807) is 0 Å². The molecule has 0 unspecified atom stereocenters. The van der Waals surface area contributed by atoms with E-state index in [4.69, 9.17) is 0 Å². The summed E-state index contributed by atoms with van der Waals surface area (Å²) < 4.78 is 0. The molecule has 0 radical (unpaired) electrons. The van der Waals surface area contributed by atoms with E-state index in [-0.39, 0.29) is 7.92 Å². The Morgan fingerprint density at radius 3 is 1.71 bits per heavy atom. The van der Waals surface area contributed by atoms with Gasteiger partial charge in [0.1, 0.15) is 0 Å². The van der Waals surface area contributed by atoms with Gasteiger partial charge in [-0.2, -0.15) is 0 Å². The SMILES string of the molecule is C[Se]CCP(c1ccccc1)c1ccccc1. The van der Waals surface area contributed by atoms with Crippen LogP contribution in [-0.2, 0) is 0 Å². The van der Waals surface area contributed by atoms with Crippen molar-refractivity contribution in [1.82, 2.24) is 0 Å². The van der Waals surface area contributed by atoms with Crippen molar-refractivity contribution in [3.8, 4) is 0 Å². The van der Waals surface area contributed by atoms with E-state index in [1.807, 2.05) is 0 Å². The average Bonchev–Trinajstić information content (AvgIpc) is 2.42. The van der Waals surface area contributed by atoms with Crippen LogP contribution in [-0.4, -0.2) is 21.1 Å². The molecule has 0 aliphatic heterocycles. The van der Waals surface area contributed by atoms with E-state index in [0.29, 0.717) is 0 Å². The molecule has 2 aromatic rings. The molecule has 0 aromatic heterocycles. The normalized spacial score (nSPS) is 10.7. The first-order valence-corrected chi connectivity index (χ1v) is 10.2. The third kappa shape index (κ3) is 3.68. The Hall–Kier alpha value is -0.611. The molecule has 0 saturated heterocycles. The van der Waals surface area contributed by atoms with Gasteiger partial charge < -0.3 is 0 Å². The molecule has 0 atom stereocenters. The molecule has 0 fully saturated rings. The molecule has 17 heavy (non-hydrogen) atoms. The van der Waals surface area contributed by atoms with E-state index < -0.39 is 0 Å². The van der Waals surface area contributed by atoms with Crippen molar-refractivity contribution < 1.29 is 0 Å². The molecule has 2 rings (SSSR count). The summed E-state index contributed by atoms with van der Waals surface area (Å²) in [5.41, 5.74) is 0. The minimum absolute atomic E-state index is 0.141. The summed E-state index contributed by atoms with van der Waals surface area (Å²) in [6.45, 7) is 0. The van der Waals surface area contributed by atoms with Crippen LogP contribution in [0.25, 0.3) is 0 Å². The van der Waals surface area contributed by atoms with E-state index in [1.165, 1.54) is 22.1 Å². The maximum atomic E-state index is 2.33. The van der Waals surface area contributed by atoms with Crippen LogP contribution in [0.3, 0.4) is 0 Å². The summed E-state index contributed by atoms with van der Waals surface area (Å²) in [5.74, 6) is 2.33. The van der Waals surface area contributed by atoms with Crippen molar-refractivity contribution in [2.24, 2.45) is 0 Å². The summed E-state index contributed by atoms with van der Waals surface area (Å²) >= 11 is 0.782. The Morgan fingerprint density at radius 1 is 0.824 bits per heavy atom. The molecule has 2 aromatic carbocycles. The van der Waals surface area contributed by atoms with Crippen LogP contribution in [0.15, 0.2) is 60.7 Å². The third-order valence-corrected chi connectivity index (χ3v) is 7.13. The second-order valence-electron chi connectivity index (χ2n) is 3.82. The van der Waals surface area contributed by atoms with Gasteiger partial charge in [-0.15, -0.1) is 0 Å². The molecule has 0 bridgehead atoms. The average molecular weight is 307 g/mol. The van der Waals surface area contributed by atoms with Gasteiger partial charge in [-0.05, 0) is 0 Å². The first-order valence-electron chi connectivity index (χ1n) is 5.78. The predicted octanol–water partition coefficient (Wildman–Crippen LogP) is 3.29. The molecule has 0 aliphatic rings. The van der Waals surface area contributed by atoms with Crippen molar-refractivity contribution in [3.63, 3.8) is 0 Å². The molecule has 2 heteroatoms. The van der Waals surface area contributed by atoms with E-state index >= 15 is 0 Å². The number of hydrogen-bond donors (Lipinski definition) is 0. The summed E-state index contributed by atoms with van der Waals surface area (Å²) in [5, 5.41) is 4.40.